The molecule has 28 heavy (non-hydrogen) atoms. The molecule has 3 aromatic rings. The van der Waals surface area contributed by atoms with Crippen LogP contribution in [0.15, 0.2) is 42.5 Å². The van der Waals surface area contributed by atoms with E-state index in [2.05, 4.69) is 15.2 Å². The molecule has 0 aliphatic carbocycles. The molecule has 0 radical (unpaired) electrons. The predicted molar refractivity (Wildman–Crippen MR) is 113 cm³/mol. The van der Waals surface area contributed by atoms with E-state index in [1.807, 2.05) is 30.3 Å². The number of carbonyl (C=O) groups is 2. The minimum atomic E-state index is -0.502. The predicted octanol–water partition coefficient (Wildman–Crippen LogP) is 3.57. The highest BCUT2D eigenvalue weighted by molar-refractivity contribution is 7.18. The Morgan fingerprint density at radius 3 is 2.68 bits per heavy atom. The van der Waals surface area contributed by atoms with E-state index >= 15 is 0 Å². The quantitative estimate of drug-likeness (QED) is 0.669. The Labute approximate surface area is 167 Å². The van der Waals surface area contributed by atoms with Crippen LogP contribution in [0.2, 0.25) is 0 Å². The fourth-order valence-corrected chi connectivity index (χ4v) is 4.45. The van der Waals surface area contributed by atoms with Crippen LogP contribution in [0.25, 0.3) is 10.2 Å². The van der Waals surface area contributed by atoms with Crippen LogP contribution in [0.5, 0.6) is 0 Å². The third-order valence-electron chi connectivity index (χ3n) is 4.91. The van der Waals surface area contributed by atoms with Crippen molar-refractivity contribution >= 4 is 44.7 Å². The molecule has 1 aliphatic heterocycles. The van der Waals surface area contributed by atoms with E-state index < -0.39 is 5.91 Å². The molecule has 1 saturated heterocycles. The zero-order valence-corrected chi connectivity index (χ0v) is 16.3. The number of nitrogens with one attached hydrogen (secondary N) is 1. The lowest BCUT2D eigenvalue weighted by Gasteiger charge is -2.22. The van der Waals surface area contributed by atoms with Crippen molar-refractivity contribution in [2.45, 2.75) is 25.7 Å². The van der Waals surface area contributed by atoms with Gasteiger partial charge < -0.3 is 16.0 Å². The smallest absolute Gasteiger partial charge is 0.248 e. The summed E-state index contributed by atoms with van der Waals surface area (Å²) in [7, 11) is 0. The number of nitrogens with zero attached hydrogens (tertiary/aromatic N) is 2. The highest BCUT2D eigenvalue weighted by atomic mass is 32.1. The summed E-state index contributed by atoms with van der Waals surface area (Å²) in [4.78, 5) is 30.9. The normalized spacial score (nSPS) is 13.8. The Balaban J connectivity index is 1.47. The summed E-state index contributed by atoms with van der Waals surface area (Å²) in [6.07, 6.45) is 3.17. The second kappa shape index (κ2) is 7.98. The highest BCUT2D eigenvalue weighted by Crippen LogP contribution is 2.30. The molecule has 2 heterocycles. The van der Waals surface area contributed by atoms with Gasteiger partial charge in [0.1, 0.15) is 0 Å². The van der Waals surface area contributed by atoms with E-state index in [0.717, 1.165) is 46.8 Å². The van der Waals surface area contributed by atoms with Crippen LogP contribution in [0.4, 0.5) is 11.4 Å². The largest absolute Gasteiger partial charge is 0.370 e. The summed E-state index contributed by atoms with van der Waals surface area (Å²) in [6.45, 7) is 1.90. The molecule has 4 rings (SSSR count). The first-order valence-corrected chi connectivity index (χ1v) is 10.2. The topological polar surface area (TPSA) is 88.3 Å². The van der Waals surface area contributed by atoms with Gasteiger partial charge in [-0.3, -0.25) is 9.59 Å². The van der Waals surface area contributed by atoms with E-state index in [1.54, 1.807) is 23.5 Å². The SMILES string of the molecule is NC(=O)c1ccc(N2CCCC2)c(NC(=O)CCc2nc3ccccc3s2)c1. The zero-order valence-electron chi connectivity index (χ0n) is 15.5. The van der Waals surface area contributed by atoms with Gasteiger partial charge >= 0.3 is 0 Å². The molecule has 1 aliphatic rings. The van der Waals surface area contributed by atoms with Gasteiger partial charge in [0.05, 0.1) is 26.6 Å². The number of benzene rings is 2. The number of rotatable bonds is 6. The number of thiazole rings is 1. The second-order valence-electron chi connectivity index (χ2n) is 6.91. The van der Waals surface area contributed by atoms with Crippen molar-refractivity contribution in [3.63, 3.8) is 0 Å². The molecular formula is C21H22N4O2S. The summed E-state index contributed by atoms with van der Waals surface area (Å²) >= 11 is 1.61. The molecule has 1 fully saturated rings. The number of aryl methyl sites for hydroxylation is 1. The van der Waals surface area contributed by atoms with Crippen molar-refractivity contribution in [3.05, 3.63) is 53.0 Å². The summed E-state index contributed by atoms with van der Waals surface area (Å²) in [5.41, 5.74) is 8.36. The van der Waals surface area contributed by atoms with Gasteiger partial charge in [-0.2, -0.15) is 0 Å². The fraction of sp³-hybridized carbons (Fsp3) is 0.286. The van der Waals surface area contributed by atoms with Gasteiger partial charge in [-0.05, 0) is 43.2 Å². The summed E-state index contributed by atoms with van der Waals surface area (Å²) in [5, 5.41) is 3.92. The minimum Gasteiger partial charge on any atom is -0.370 e. The number of anilines is 2. The Morgan fingerprint density at radius 2 is 1.93 bits per heavy atom. The van der Waals surface area contributed by atoms with Crippen molar-refractivity contribution in [3.8, 4) is 0 Å². The van der Waals surface area contributed by atoms with Crippen molar-refractivity contribution < 1.29 is 9.59 Å². The van der Waals surface area contributed by atoms with Gasteiger partial charge in [-0.1, -0.05) is 12.1 Å². The van der Waals surface area contributed by atoms with Gasteiger partial charge in [0.25, 0.3) is 0 Å². The number of amides is 2. The van der Waals surface area contributed by atoms with Crippen LogP contribution in [-0.4, -0.2) is 29.9 Å². The molecular weight excluding hydrogens is 372 g/mol. The Morgan fingerprint density at radius 1 is 1.14 bits per heavy atom. The van der Waals surface area contributed by atoms with Crippen molar-refractivity contribution in [1.82, 2.24) is 4.98 Å². The molecule has 0 saturated carbocycles. The van der Waals surface area contributed by atoms with Crippen molar-refractivity contribution in [2.24, 2.45) is 5.73 Å². The second-order valence-corrected chi connectivity index (χ2v) is 8.03. The highest BCUT2D eigenvalue weighted by Gasteiger charge is 2.18. The van der Waals surface area contributed by atoms with E-state index in [9.17, 15) is 9.59 Å². The zero-order chi connectivity index (χ0) is 19.5. The average Bonchev–Trinajstić information content (AvgIpc) is 3.35. The summed E-state index contributed by atoms with van der Waals surface area (Å²) in [5.74, 6) is -0.598. The molecule has 3 N–H and O–H groups in total. The van der Waals surface area contributed by atoms with E-state index in [-0.39, 0.29) is 5.91 Å². The van der Waals surface area contributed by atoms with Crippen LogP contribution < -0.4 is 16.0 Å². The van der Waals surface area contributed by atoms with E-state index in [4.69, 9.17) is 5.73 Å². The van der Waals surface area contributed by atoms with Crippen molar-refractivity contribution in [2.75, 3.05) is 23.3 Å². The molecule has 2 aromatic carbocycles. The van der Waals surface area contributed by atoms with E-state index in [0.29, 0.717) is 24.1 Å². The van der Waals surface area contributed by atoms with Crippen molar-refractivity contribution in [1.29, 1.82) is 0 Å². The molecule has 144 valence electrons. The number of primary amides is 1. The van der Waals surface area contributed by atoms with Crippen LogP contribution in [0, 0.1) is 0 Å². The fourth-order valence-electron chi connectivity index (χ4n) is 3.48. The standard InChI is InChI=1S/C21H22N4O2S/c22-21(27)14-7-8-17(25-11-3-4-12-25)16(13-14)23-19(26)9-10-20-24-15-5-1-2-6-18(15)28-20/h1-2,5-8,13H,3-4,9-12H2,(H2,22,27)(H,23,26). The number of hydrogen-bond donors (Lipinski definition) is 2. The lowest BCUT2D eigenvalue weighted by Crippen LogP contribution is -2.22. The van der Waals surface area contributed by atoms with Gasteiger partial charge in [-0.15, -0.1) is 11.3 Å². The Bertz CT molecular complexity index is 991. The van der Waals surface area contributed by atoms with Crippen LogP contribution >= 0.6 is 11.3 Å². The monoisotopic (exact) mass is 394 g/mol. The number of fused-ring (bicyclic) bond motifs is 1. The molecule has 7 heteroatoms. The molecule has 0 spiro atoms. The molecule has 6 nitrogen and oxygen atoms in total. The lowest BCUT2D eigenvalue weighted by molar-refractivity contribution is -0.116. The van der Waals surface area contributed by atoms with Crippen LogP contribution in [0.3, 0.4) is 0 Å². The first-order chi connectivity index (χ1) is 13.6. The van der Waals surface area contributed by atoms with E-state index in [1.165, 1.54) is 0 Å². The van der Waals surface area contributed by atoms with Crippen LogP contribution in [0.1, 0.15) is 34.6 Å². The van der Waals surface area contributed by atoms with Gasteiger partial charge in [0, 0.05) is 31.5 Å². The van der Waals surface area contributed by atoms with Gasteiger partial charge in [-0.25, -0.2) is 4.98 Å². The lowest BCUT2D eigenvalue weighted by atomic mass is 10.1. The number of aromatic nitrogens is 1. The number of nitrogens with two attached hydrogens (primary N) is 1. The molecule has 0 bridgehead atoms. The van der Waals surface area contributed by atoms with Gasteiger partial charge in [0.15, 0.2) is 0 Å². The number of carbonyl (C=O) groups excluding carboxylic acids is 2. The summed E-state index contributed by atoms with van der Waals surface area (Å²) < 4.78 is 1.13. The minimum absolute atomic E-state index is 0.0960. The third kappa shape index (κ3) is 3.99. The Hall–Kier alpha value is -2.93. The summed E-state index contributed by atoms with van der Waals surface area (Å²) in [6, 6.07) is 13.2. The Kier molecular flexibility index (Phi) is 5.25. The first-order valence-electron chi connectivity index (χ1n) is 9.43. The average molecular weight is 394 g/mol. The number of hydrogen-bond acceptors (Lipinski definition) is 5. The first kappa shape index (κ1) is 18.4. The maximum Gasteiger partial charge on any atom is 0.248 e. The molecule has 0 atom stereocenters. The van der Waals surface area contributed by atoms with Crippen LogP contribution in [-0.2, 0) is 11.2 Å². The maximum absolute atomic E-state index is 12.6. The maximum atomic E-state index is 12.6. The third-order valence-corrected chi connectivity index (χ3v) is 6.00. The number of para-hydroxylation sites is 1. The molecule has 2 amide bonds. The molecule has 0 unspecified atom stereocenters. The molecule has 1 aromatic heterocycles. The van der Waals surface area contributed by atoms with Gasteiger partial charge in [0.2, 0.25) is 11.8 Å².